The van der Waals surface area contributed by atoms with E-state index in [1.165, 1.54) is 108 Å². The van der Waals surface area contributed by atoms with Gasteiger partial charge in [-0.05, 0) is 24.6 Å². The second-order valence-corrected chi connectivity index (χ2v) is 12.2. The summed E-state index contributed by atoms with van der Waals surface area (Å²) in [6, 6.07) is 8.63. The predicted molar refractivity (Wildman–Crippen MR) is 165 cm³/mol. The van der Waals surface area contributed by atoms with Gasteiger partial charge in [0, 0.05) is 6.20 Å². The zero-order valence-electron chi connectivity index (χ0n) is 25.6. The van der Waals surface area contributed by atoms with Gasteiger partial charge in [-0.1, -0.05) is 109 Å². The fraction of sp³-hybridized carbons (Fsp3) is 0.562. The van der Waals surface area contributed by atoms with Gasteiger partial charge in [-0.3, -0.25) is 14.4 Å². The molecule has 43 heavy (non-hydrogen) atoms. The third kappa shape index (κ3) is 14.0. The Morgan fingerprint density at radius 3 is 1.91 bits per heavy atom. The first-order valence-corrected chi connectivity index (χ1v) is 16.9. The van der Waals surface area contributed by atoms with E-state index < -0.39 is 27.8 Å². The van der Waals surface area contributed by atoms with Crippen molar-refractivity contribution in [2.75, 3.05) is 20.3 Å². The van der Waals surface area contributed by atoms with E-state index in [4.69, 9.17) is 9.47 Å². The van der Waals surface area contributed by atoms with Gasteiger partial charge in [0.15, 0.2) is 11.4 Å². The minimum absolute atomic E-state index is 0.0574. The molecular weight excluding hydrogens is 570 g/mol. The number of hydrogen-bond donors (Lipinski definition) is 2. The van der Waals surface area contributed by atoms with Gasteiger partial charge >= 0.3 is 5.97 Å². The lowest BCUT2D eigenvalue weighted by molar-refractivity contribution is -0.142. The normalized spacial score (nSPS) is 11.1. The fourth-order valence-corrected chi connectivity index (χ4v) is 5.50. The van der Waals surface area contributed by atoms with E-state index >= 15 is 0 Å². The first-order valence-electron chi connectivity index (χ1n) is 15.4. The van der Waals surface area contributed by atoms with Gasteiger partial charge in [-0.25, -0.2) is 18.1 Å². The molecule has 0 aliphatic carbocycles. The number of benzene rings is 1. The standard InChI is InChI=1S/C32H47N3O7S/c1-3-4-5-6-7-8-9-10-11-12-13-14-15-19-22-42-29(36)25-34-32(38)30-28(41-2)23-26(24-33-30)31(37)35-43(39,40)27-20-17-16-18-21-27/h16-18,20-21,23-24H,3-15,19,22,25H2,1-2H3,(H,34,38)(H,35,37). The van der Waals surface area contributed by atoms with Crippen molar-refractivity contribution in [3.05, 3.63) is 53.9 Å². The van der Waals surface area contributed by atoms with Crippen molar-refractivity contribution in [3.8, 4) is 5.75 Å². The first-order chi connectivity index (χ1) is 20.8. The van der Waals surface area contributed by atoms with Crippen LogP contribution in [0.1, 0.15) is 118 Å². The number of carbonyl (C=O) groups is 3. The van der Waals surface area contributed by atoms with Gasteiger partial charge in [0.05, 0.1) is 24.2 Å². The van der Waals surface area contributed by atoms with E-state index in [9.17, 15) is 22.8 Å². The van der Waals surface area contributed by atoms with Crippen molar-refractivity contribution in [1.29, 1.82) is 0 Å². The summed E-state index contributed by atoms with van der Waals surface area (Å²) >= 11 is 0. The fourth-order valence-electron chi connectivity index (χ4n) is 4.50. The summed E-state index contributed by atoms with van der Waals surface area (Å²) in [6.07, 6.45) is 18.4. The number of hydrogen-bond acceptors (Lipinski definition) is 8. The van der Waals surface area contributed by atoms with E-state index in [-0.39, 0.29) is 28.4 Å². The zero-order chi connectivity index (χ0) is 31.3. The number of carbonyl (C=O) groups excluding carboxylic acids is 3. The van der Waals surface area contributed by atoms with E-state index in [0.717, 1.165) is 25.5 Å². The van der Waals surface area contributed by atoms with Gasteiger partial charge in [0.25, 0.3) is 21.8 Å². The lowest BCUT2D eigenvalue weighted by atomic mass is 10.0. The van der Waals surface area contributed by atoms with E-state index in [1.54, 1.807) is 6.07 Å². The summed E-state index contributed by atoms with van der Waals surface area (Å²) in [7, 11) is -2.82. The topological polar surface area (TPSA) is 141 Å². The highest BCUT2D eigenvalue weighted by atomic mass is 32.2. The Kier molecular flexibility index (Phi) is 17.0. The maximum Gasteiger partial charge on any atom is 0.325 e. The van der Waals surface area contributed by atoms with Gasteiger partial charge in [-0.2, -0.15) is 0 Å². The van der Waals surface area contributed by atoms with E-state index in [0.29, 0.717) is 6.61 Å². The van der Waals surface area contributed by atoms with Crippen molar-refractivity contribution >= 4 is 27.8 Å². The molecule has 10 nitrogen and oxygen atoms in total. The highest BCUT2D eigenvalue weighted by Crippen LogP contribution is 2.19. The monoisotopic (exact) mass is 617 g/mol. The molecule has 1 aromatic heterocycles. The molecule has 238 valence electrons. The van der Waals surface area contributed by atoms with Crippen LogP contribution >= 0.6 is 0 Å². The molecule has 2 aromatic rings. The number of aromatic nitrogens is 1. The number of unbranched alkanes of at least 4 members (excludes halogenated alkanes) is 13. The Hall–Kier alpha value is -3.47. The Balaban J connectivity index is 1.62. The van der Waals surface area contributed by atoms with Crippen LogP contribution in [0.25, 0.3) is 0 Å². The van der Waals surface area contributed by atoms with E-state index in [2.05, 4.69) is 17.2 Å². The van der Waals surface area contributed by atoms with Crippen LogP contribution in [0.15, 0.2) is 47.5 Å². The smallest absolute Gasteiger partial charge is 0.325 e. The zero-order valence-corrected chi connectivity index (χ0v) is 26.4. The van der Waals surface area contributed by atoms with Crippen LogP contribution in [-0.2, 0) is 19.6 Å². The number of esters is 1. The molecule has 0 saturated carbocycles. The molecule has 0 radical (unpaired) electrons. The average molecular weight is 618 g/mol. The number of nitrogens with zero attached hydrogens (tertiary/aromatic N) is 1. The number of amides is 2. The molecule has 0 saturated heterocycles. The summed E-state index contributed by atoms with van der Waals surface area (Å²) in [5, 5.41) is 2.43. The summed E-state index contributed by atoms with van der Waals surface area (Å²) in [5.74, 6) is -2.26. The molecule has 1 heterocycles. The molecule has 0 aliphatic heterocycles. The second-order valence-electron chi connectivity index (χ2n) is 10.5. The summed E-state index contributed by atoms with van der Waals surface area (Å²) in [4.78, 5) is 41.1. The van der Waals surface area contributed by atoms with Crippen LogP contribution in [0, 0.1) is 0 Å². The van der Waals surface area contributed by atoms with Crippen LogP contribution in [0.2, 0.25) is 0 Å². The number of methoxy groups -OCH3 is 1. The van der Waals surface area contributed by atoms with Crippen LogP contribution in [0.5, 0.6) is 5.75 Å². The molecule has 1 aromatic carbocycles. The third-order valence-electron chi connectivity index (χ3n) is 6.98. The van der Waals surface area contributed by atoms with Crippen LogP contribution in [0.3, 0.4) is 0 Å². The summed E-state index contributed by atoms with van der Waals surface area (Å²) in [5.41, 5.74) is -0.287. The maximum absolute atomic E-state index is 12.6. The minimum atomic E-state index is -4.09. The van der Waals surface area contributed by atoms with Crippen molar-refractivity contribution in [2.24, 2.45) is 0 Å². The van der Waals surface area contributed by atoms with Gasteiger partial charge < -0.3 is 14.8 Å². The van der Waals surface area contributed by atoms with Crippen LogP contribution < -0.4 is 14.8 Å². The van der Waals surface area contributed by atoms with E-state index in [1.807, 2.05) is 4.72 Å². The third-order valence-corrected chi connectivity index (χ3v) is 8.33. The largest absolute Gasteiger partial charge is 0.494 e. The molecule has 2 rings (SSSR count). The Morgan fingerprint density at radius 1 is 0.791 bits per heavy atom. The van der Waals surface area contributed by atoms with Crippen molar-refractivity contribution in [1.82, 2.24) is 15.0 Å². The second kappa shape index (κ2) is 20.4. The quantitative estimate of drug-likeness (QED) is 0.122. The van der Waals surface area contributed by atoms with Gasteiger partial charge in [0.2, 0.25) is 0 Å². The molecule has 0 unspecified atom stereocenters. The summed E-state index contributed by atoms with van der Waals surface area (Å²) in [6.45, 7) is 2.19. The Bertz CT molecular complexity index is 1240. The van der Waals surface area contributed by atoms with Crippen LogP contribution in [0.4, 0.5) is 0 Å². The highest BCUT2D eigenvalue weighted by molar-refractivity contribution is 7.90. The maximum atomic E-state index is 12.6. The Labute approximate surface area is 256 Å². The van der Waals surface area contributed by atoms with Crippen molar-refractivity contribution < 1.29 is 32.3 Å². The number of pyridine rings is 1. The lowest BCUT2D eigenvalue weighted by Crippen LogP contribution is -2.32. The van der Waals surface area contributed by atoms with Gasteiger partial charge in [0.1, 0.15) is 6.54 Å². The molecule has 0 aliphatic rings. The van der Waals surface area contributed by atoms with Crippen molar-refractivity contribution in [2.45, 2.75) is 102 Å². The first kappa shape index (κ1) is 35.7. The molecule has 2 N–H and O–H groups in total. The molecule has 0 spiro atoms. The molecule has 11 heteroatoms. The molecule has 2 amide bonds. The molecule has 0 bridgehead atoms. The number of nitrogens with one attached hydrogen (secondary N) is 2. The van der Waals surface area contributed by atoms with Crippen LogP contribution in [-0.4, -0.2) is 51.4 Å². The van der Waals surface area contributed by atoms with Crippen molar-refractivity contribution in [3.63, 3.8) is 0 Å². The number of ether oxygens (including phenoxy) is 2. The molecular formula is C32H47N3O7S. The predicted octanol–water partition coefficient (Wildman–Crippen LogP) is 5.96. The lowest BCUT2D eigenvalue weighted by Gasteiger charge is -2.11. The number of rotatable bonds is 22. The summed E-state index contributed by atoms with van der Waals surface area (Å²) < 4.78 is 37.2. The highest BCUT2D eigenvalue weighted by Gasteiger charge is 2.22. The SMILES string of the molecule is CCCCCCCCCCCCCCCCOC(=O)CNC(=O)c1ncc(C(=O)NS(=O)(=O)c2ccccc2)cc1OC. The molecule has 0 fully saturated rings. The van der Waals surface area contributed by atoms with Gasteiger partial charge in [-0.15, -0.1) is 0 Å². The minimum Gasteiger partial charge on any atom is -0.494 e. The molecule has 0 atom stereocenters. The number of sulfonamides is 1. The Morgan fingerprint density at radius 2 is 1.35 bits per heavy atom. The average Bonchev–Trinajstić information content (AvgIpc) is 3.01.